The number of sulfonamides is 1. The van der Waals surface area contributed by atoms with Crippen molar-refractivity contribution in [3.63, 3.8) is 0 Å². The van der Waals surface area contributed by atoms with Gasteiger partial charge in [0.05, 0.1) is 10.4 Å². The first-order chi connectivity index (χ1) is 11.9. The molecule has 0 bridgehead atoms. The molecule has 0 fully saturated rings. The number of hydrogen-bond donors (Lipinski definition) is 1. The Balaban J connectivity index is 1.73. The fourth-order valence-corrected chi connectivity index (χ4v) is 3.99. The average molecular weight is 360 g/mol. The van der Waals surface area contributed by atoms with Crippen molar-refractivity contribution in [2.75, 3.05) is 0 Å². The molecule has 25 heavy (non-hydrogen) atoms. The molecular weight excluding hydrogens is 340 g/mol. The minimum Gasteiger partial charge on any atom is -0.408 e. The van der Waals surface area contributed by atoms with Crippen LogP contribution in [0.4, 0.5) is 0 Å². The predicted molar refractivity (Wildman–Crippen MR) is 96.0 cm³/mol. The number of oxazole rings is 1. The molecule has 0 amide bonds. The third-order valence-corrected chi connectivity index (χ3v) is 5.73. The second kappa shape index (κ2) is 6.85. The molecule has 0 unspecified atom stereocenters. The van der Waals surface area contributed by atoms with Crippen LogP contribution < -0.4 is 10.5 Å². The van der Waals surface area contributed by atoms with Gasteiger partial charge in [0.1, 0.15) is 0 Å². The summed E-state index contributed by atoms with van der Waals surface area (Å²) >= 11 is 0. The number of hydrogen-bond acceptors (Lipinski definition) is 4. The highest BCUT2D eigenvalue weighted by Crippen LogP contribution is 2.18. The standard InChI is InChI=1S/C18H20N2O4S/c1-13(8-9-14-6-4-3-5-7-14)19-25(22,23)15-10-11-16-17(12-15)24-18(21)20(16)2/h3-7,10-13,19H,8-9H2,1-2H3/t13-/m1/s1. The molecule has 0 saturated heterocycles. The molecule has 2 aromatic carbocycles. The van der Waals surface area contributed by atoms with Crippen LogP contribution in [0.1, 0.15) is 18.9 Å². The minimum atomic E-state index is -3.68. The molecule has 7 heteroatoms. The Bertz CT molecular complexity index is 1040. The van der Waals surface area contributed by atoms with E-state index in [4.69, 9.17) is 4.42 Å². The van der Waals surface area contributed by atoms with Crippen molar-refractivity contribution in [1.29, 1.82) is 0 Å². The zero-order chi connectivity index (χ0) is 18.0. The van der Waals surface area contributed by atoms with E-state index in [2.05, 4.69) is 4.72 Å². The summed E-state index contributed by atoms with van der Waals surface area (Å²) in [5.74, 6) is -0.520. The van der Waals surface area contributed by atoms with Crippen LogP contribution in [0.5, 0.6) is 0 Å². The Morgan fingerprint density at radius 2 is 1.88 bits per heavy atom. The molecule has 1 N–H and O–H groups in total. The molecule has 0 aliphatic rings. The van der Waals surface area contributed by atoms with Crippen molar-refractivity contribution < 1.29 is 12.8 Å². The van der Waals surface area contributed by atoms with E-state index in [1.807, 2.05) is 37.3 Å². The summed E-state index contributed by atoms with van der Waals surface area (Å²) in [7, 11) is -2.10. The van der Waals surface area contributed by atoms with Crippen molar-refractivity contribution in [3.8, 4) is 0 Å². The van der Waals surface area contributed by atoms with E-state index in [1.54, 1.807) is 13.1 Å². The SMILES string of the molecule is C[C@H](CCc1ccccc1)NS(=O)(=O)c1ccc2c(c1)oc(=O)n2C. The van der Waals surface area contributed by atoms with Gasteiger partial charge in [0, 0.05) is 19.2 Å². The average Bonchev–Trinajstić information content (AvgIpc) is 2.87. The molecule has 1 atom stereocenters. The first-order valence-corrected chi connectivity index (χ1v) is 9.51. The molecule has 0 spiro atoms. The zero-order valence-corrected chi connectivity index (χ0v) is 14.9. The van der Waals surface area contributed by atoms with E-state index >= 15 is 0 Å². The molecule has 0 aliphatic carbocycles. The second-order valence-electron chi connectivity index (χ2n) is 6.10. The molecule has 6 nitrogen and oxygen atoms in total. The summed E-state index contributed by atoms with van der Waals surface area (Å²) in [6, 6.07) is 14.1. The van der Waals surface area contributed by atoms with Gasteiger partial charge in [-0.05, 0) is 37.5 Å². The van der Waals surface area contributed by atoms with E-state index in [1.165, 1.54) is 22.3 Å². The van der Waals surface area contributed by atoms with Crippen molar-refractivity contribution >= 4 is 21.1 Å². The van der Waals surface area contributed by atoms with E-state index in [-0.39, 0.29) is 16.5 Å². The lowest BCUT2D eigenvalue weighted by atomic mass is 10.1. The van der Waals surface area contributed by atoms with Crippen molar-refractivity contribution in [1.82, 2.24) is 9.29 Å². The van der Waals surface area contributed by atoms with E-state index in [9.17, 15) is 13.2 Å². The molecule has 3 rings (SSSR count). The fraction of sp³-hybridized carbons (Fsp3) is 0.278. The molecule has 0 saturated carbocycles. The predicted octanol–water partition coefficient (Wildman–Crippen LogP) is 2.43. The number of rotatable bonds is 6. The Hall–Kier alpha value is -2.38. The van der Waals surface area contributed by atoms with Crippen LogP contribution in [0.2, 0.25) is 0 Å². The van der Waals surface area contributed by atoms with Crippen LogP contribution in [0.25, 0.3) is 11.1 Å². The largest absolute Gasteiger partial charge is 0.419 e. The summed E-state index contributed by atoms with van der Waals surface area (Å²) in [6.07, 6.45) is 1.48. The lowest BCUT2D eigenvalue weighted by Crippen LogP contribution is -2.32. The summed E-state index contributed by atoms with van der Waals surface area (Å²) in [6.45, 7) is 1.83. The maximum Gasteiger partial charge on any atom is 0.419 e. The molecule has 0 aliphatic heterocycles. The topological polar surface area (TPSA) is 81.3 Å². The maximum absolute atomic E-state index is 12.6. The Labute approximate surface area is 146 Å². The fourth-order valence-electron chi connectivity index (χ4n) is 2.70. The molecule has 132 valence electrons. The molecular formula is C18H20N2O4S. The van der Waals surface area contributed by atoms with E-state index < -0.39 is 15.8 Å². The number of nitrogens with zero attached hydrogens (tertiary/aromatic N) is 1. The molecule has 1 heterocycles. The van der Waals surface area contributed by atoms with E-state index in [0.29, 0.717) is 11.9 Å². The van der Waals surface area contributed by atoms with Crippen LogP contribution in [0.3, 0.4) is 0 Å². The number of nitrogens with one attached hydrogen (secondary N) is 1. The number of aromatic nitrogens is 1. The van der Waals surface area contributed by atoms with Crippen molar-refractivity contribution in [2.45, 2.75) is 30.7 Å². The van der Waals surface area contributed by atoms with Crippen LogP contribution in [-0.4, -0.2) is 19.0 Å². The van der Waals surface area contributed by atoms with Gasteiger partial charge in [-0.2, -0.15) is 0 Å². The monoisotopic (exact) mass is 360 g/mol. The zero-order valence-electron chi connectivity index (χ0n) is 14.1. The van der Waals surface area contributed by atoms with Gasteiger partial charge in [-0.15, -0.1) is 0 Å². The Morgan fingerprint density at radius 1 is 1.16 bits per heavy atom. The summed E-state index contributed by atoms with van der Waals surface area (Å²) < 4.78 is 34.2. The first kappa shape index (κ1) is 17.4. The number of aryl methyl sites for hydroxylation is 2. The summed E-state index contributed by atoms with van der Waals surface area (Å²) in [5, 5.41) is 0. The highest BCUT2D eigenvalue weighted by atomic mass is 32.2. The van der Waals surface area contributed by atoms with Crippen molar-refractivity contribution in [3.05, 3.63) is 64.6 Å². The summed E-state index contributed by atoms with van der Waals surface area (Å²) in [5.41, 5.74) is 1.98. The quantitative estimate of drug-likeness (QED) is 0.732. The molecule has 3 aromatic rings. The van der Waals surface area contributed by atoms with Gasteiger partial charge in [-0.25, -0.2) is 17.9 Å². The van der Waals surface area contributed by atoms with Gasteiger partial charge >= 0.3 is 5.76 Å². The van der Waals surface area contributed by atoms with E-state index in [0.717, 1.165) is 6.42 Å². The lowest BCUT2D eigenvalue weighted by Gasteiger charge is -2.14. The van der Waals surface area contributed by atoms with Gasteiger partial charge in [0.2, 0.25) is 10.0 Å². The van der Waals surface area contributed by atoms with Gasteiger partial charge in [0.25, 0.3) is 0 Å². The highest BCUT2D eigenvalue weighted by Gasteiger charge is 2.19. The van der Waals surface area contributed by atoms with Crippen LogP contribution in [-0.2, 0) is 23.5 Å². The normalized spacial score (nSPS) is 13.2. The van der Waals surface area contributed by atoms with Crippen LogP contribution in [0.15, 0.2) is 62.6 Å². The van der Waals surface area contributed by atoms with Crippen molar-refractivity contribution in [2.24, 2.45) is 7.05 Å². The van der Waals surface area contributed by atoms with Crippen LogP contribution >= 0.6 is 0 Å². The van der Waals surface area contributed by atoms with Crippen LogP contribution in [0, 0.1) is 0 Å². The second-order valence-corrected chi connectivity index (χ2v) is 7.82. The Kier molecular flexibility index (Phi) is 4.78. The third-order valence-electron chi connectivity index (χ3n) is 4.14. The highest BCUT2D eigenvalue weighted by molar-refractivity contribution is 7.89. The van der Waals surface area contributed by atoms with Gasteiger partial charge in [0.15, 0.2) is 5.58 Å². The maximum atomic E-state index is 12.6. The third kappa shape index (κ3) is 3.83. The Morgan fingerprint density at radius 3 is 2.60 bits per heavy atom. The summed E-state index contributed by atoms with van der Waals surface area (Å²) in [4.78, 5) is 11.6. The first-order valence-electron chi connectivity index (χ1n) is 8.02. The van der Waals surface area contributed by atoms with Gasteiger partial charge in [-0.1, -0.05) is 30.3 Å². The molecule has 0 radical (unpaired) electrons. The van der Waals surface area contributed by atoms with Gasteiger partial charge < -0.3 is 4.42 Å². The number of fused-ring (bicyclic) bond motifs is 1. The minimum absolute atomic E-state index is 0.0842. The lowest BCUT2D eigenvalue weighted by molar-refractivity contribution is 0.526. The number of benzene rings is 2. The van der Waals surface area contributed by atoms with Gasteiger partial charge in [-0.3, -0.25) is 4.57 Å². The molecule has 1 aromatic heterocycles. The smallest absolute Gasteiger partial charge is 0.408 e.